The van der Waals surface area contributed by atoms with E-state index in [4.69, 9.17) is 18.9 Å². The number of nitrogens with zero attached hydrogens (tertiary/aromatic N) is 1. The average molecular weight is 477 g/mol. The Morgan fingerprint density at radius 1 is 1.06 bits per heavy atom. The van der Waals surface area contributed by atoms with Crippen molar-refractivity contribution in [3.63, 3.8) is 0 Å². The highest BCUT2D eigenvalue weighted by molar-refractivity contribution is 7.89. The first-order chi connectivity index (χ1) is 15.9. The largest absolute Gasteiger partial charge is 0.493 e. The zero-order valence-electron chi connectivity index (χ0n) is 18.7. The fraction of sp³-hybridized carbons (Fsp3) is 0.348. The van der Waals surface area contributed by atoms with Crippen LogP contribution in [-0.4, -0.2) is 72.3 Å². The van der Waals surface area contributed by atoms with Crippen molar-refractivity contribution in [1.82, 2.24) is 9.62 Å². The van der Waals surface area contributed by atoms with Crippen molar-refractivity contribution < 1.29 is 32.2 Å². The zero-order valence-corrected chi connectivity index (χ0v) is 19.5. The molecule has 1 amide bonds. The van der Waals surface area contributed by atoms with Crippen LogP contribution in [0, 0.1) is 0 Å². The molecular formula is C23H28N2O7S. The van der Waals surface area contributed by atoms with Crippen LogP contribution in [0.3, 0.4) is 0 Å². The number of ether oxygens (including phenoxy) is 4. The fourth-order valence-corrected chi connectivity index (χ4v) is 4.58. The third-order valence-corrected chi connectivity index (χ3v) is 6.85. The molecule has 1 N–H and O–H groups in total. The minimum absolute atomic E-state index is 0.213. The van der Waals surface area contributed by atoms with Gasteiger partial charge in [-0.15, -0.1) is 0 Å². The summed E-state index contributed by atoms with van der Waals surface area (Å²) in [4.78, 5) is 12.2. The molecule has 0 aliphatic carbocycles. The number of amides is 1. The monoisotopic (exact) mass is 476 g/mol. The Hall–Kier alpha value is -3.08. The van der Waals surface area contributed by atoms with Crippen LogP contribution in [0.25, 0.3) is 6.08 Å². The Bertz CT molecular complexity index is 1060. The van der Waals surface area contributed by atoms with Crippen LogP contribution in [0.15, 0.2) is 53.4 Å². The standard InChI is InChI=1S/C23H28N2O7S/c1-29-21-9-3-18(17-22(21)30-2)4-10-23(26)24-11-14-32-19-5-7-20(8-6-19)33(27,28)25-12-15-31-16-13-25/h3-10,17H,11-16H2,1-2H3,(H,24,26)/b10-4+. The molecule has 2 aromatic carbocycles. The highest BCUT2D eigenvalue weighted by atomic mass is 32.2. The van der Waals surface area contributed by atoms with Crippen molar-refractivity contribution in [2.24, 2.45) is 0 Å². The molecule has 1 fully saturated rings. The average Bonchev–Trinajstić information content (AvgIpc) is 2.86. The number of nitrogens with one attached hydrogen (secondary N) is 1. The lowest BCUT2D eigenvalue weighted by Gasteiger charge is -2.26. The minimum atomic E-state index is -3.53. The summed E-state index contributed by atoms with van der Waals surface area (Å²) in [6, 6.07) is 11.6. The van der Waals surface area contributed by atoms with E-state index in [0.29, 0.717) is 50.1 Å². The topological polar surface area (TPSA) is 103 Å². The second kappa shape index (κ2) is 11.7. The number of methoxy groups -OCH3 is 2. The normalized spacial score (nSPS) is 14.7. The van der Waals surface area contributed by atoms with Crippen LogP contribution in [0.4, 0.5) is 0 Å². The van der Waals surface area contributed by atoms with Crippen molar-refractivity contribution in [1.29, 1.82) is 0 Å². The molecule has 10 heteroatoms. The van der Waals surface area contributed by atoms with Gasteiger partial charge in [0.05, 0.1) is 38.9 Å². The molecule has 1 aliphatic rings. The molecule has 2 aromatic rings. The first-order valence-electron chi connectivity index (χ1n) is 10.4. The summed E-state index contributed by atoms with van der Waals surface area (Å²) >= 11 is 0. The Morgan fingerprint density at radius 3 is 2.42 bits per heavy atom. The minimum Gasteiger partial charge on any atom is -0.493 e. The van der Waals surface area contributed by atoms with Gasteiger partial charge < -0.3 is 24.3 Å². The molecule has 0 saturated carbocycles. The first kappa shape index (κ1) is 24.6. The number of morpholine rings is 1. The Labute approximate surface area is 193 Å². The number of carbonyl (C=O) groups excluding carboxylic acids is 1. The van der Waals surface area contributed by atoms with Crippen molar-refractivity contribution in [3.8, 4) is 17.2 Å². The lowest BCUT2D eigenvalue weighted by atomic mass is 10.2. The molecule has 1 aliphatic heterocycles. The summed E-state index contributed by atoms with van der Waals surface area (Å²) in [6.45, 7) is 2.03. The molecule has 1 saturated heterocycles. The fourth-order valence-electron chi connectivity index (χ4n) is 3.17. The summed E-state index contributed by atoms with van der Waals surface area (Å²) in [5, 5.41) is 2.73. The van der Waals surface area contributed by atoms with E-state index in [1.54, 1.807) is 44.6 Å². The molecule has 0 bridgehead atoms. The van der Waals surface area contributed by atoms with E-state index >= 15 is 0 Å². The summed E-state index contributed by atoms with van der Waals surface area (Å²) in [6.07, 6.45) is 3.10. The van der Waals surface area contributed by atoms with Gasteiger partial charge in [-0.05, 0) is 48.0 Å². The number of benzene rings is 2. The highest BCUT2D eigenvalue weighted by Crippen LogP contribution is 2.28. The molecule has 1 heterocycles. The molecule has 0 spiro atoms. The summed E-state index contributed by atoms with van der Waals surface area (Å²) < 4.78 is 47.9. The molecule has 178 valence electrons. The lowest BCUT2D eigenvalue weighted by molar-refractivity contribution is -0.116. The third-order valence-electron chi connectivity index (χ3n) is 4.94. The summed E-state index contributed by atoms with van der Waals surface area (Å²) in [7, 11) is -0.424. The molecule has 9 nitrogen and oxygen atoms in total. The van der Waals surface area contributed by atoms with Crippen molar-refractivity contribution in [3.05, 3.63) is 54.1 Å². The van der Waals surface area contributed by atoms with Crippen LogP contribution in [0.1, 0.15) is 5.56 Å². The number of rotatable bonds is 10. The van der Waals surface area contributed by atoms with Crippen LogP contribution >= 0.6 is 0 Å². The predicted octanol–water partition coefficient (Wildman–Crippen LogP) is 1.93. The van der Waals surface area contributed by atoms with Gasteiger partial charge in [0, 0.05) is 19.2 Å². The maximum atomic E-state index is 12.6. The second-order valence-electron chi connectivity index (χ2n) is 7.08. The molecule has 0 atom stereocenters. The number of hydrogen-bond donors (Lipinski definition) is 1. The Kier molecular flexibility index (Phi) is 8.70. The van der Waals surface area contributed by atoms with Gasteiger partial charge in [0.15, 0.2) is 11.5 Å². The number of hydrogen-bond acceptors (Lipinski definition) is 7. The highest BCUT2D eigenvalue weighted by Gasteiger charge is 2.26. The van der Waals surface area contributed by atoms with Crippen molar-refractivity contribution in [2.45, 2.75) is 4.90 Å². The van der Waals surface area contributed by atoms with Gasteiger partial charge in [-0.1, -0.05) is 6.07 Å². The van der Waals surface area contributed by atoms with Gasteiger partial charge in [0.25, 0.3) is 0 Å². The van der Waals surface area contributed by atoms with E-state index in [9.17, 15) is 13.2 Å². The van der Waals surface area contributed by atoms with Gasteiger partial charge >= 0.3 is 0 Å². The SMILES string of the molecule is COc1ccc(/C=C/C(=O)NCCOc2ccc(S(=O)(=O)N3CCOCC3)cc2)cc1OC. The van der Waals surface area contributed by atoms with Crippen molar-refractivity contribution in [2.75, 3.05) is 53.7 Å². The van der Waals surface area contributed by atoms with E-state index < -0.39 is 10.0 Å². The molecule has 0 radical (unpaired) electrons. The van der Waals surface area contributed by atoms with E-state index in [1.165, 1.54) is 22.5 Å². The quantitative estimate of drug-likeness (QED) is 0.413. The van der Waals surface area contributed by atoms with Gasteiger partial charge in [0.2, 0.25) is 15.9 Å². The van der Waals surface area contributed by atoms with Crippen LogP contribution in [-0.2, 0) is 19.6 Å². The third kappa shape index (κ3) is 6.70. The van der Waals surface area contributed by atoms with E-state index in [0.717, 1.165) is 5.56 Å². The zero-order chi connectivity index (χ0) is 23.7. The molecular weight excluding hydrogens is 448 g/mol. The van der Waals surface area contributed by atoms with Gasteiger partial charge in [-0.25, -0.2) is 8.42 Å². The molecule has 0 unspecified atom stereocenters. The van der Waals surface area contributed by atoms with E-state index in [-0.39, 0.29) is 17.4 Å². The predicted molar refractivity (Wildman–Crippen MR) is 123 cm³/mol. The second-order valence-corrected chi connectivity index (χ2v) is 9.01. The summed E-state index contributed by atoms with van der Waals surface area (Å²) in [5.41, 5.74) is 0.797. The van der Waals surface area contributed by atoms with Gasteiger partial charge in [-0.3, -0.25) is 4.79 Å². The maximum absolute atomic E-state index is 12.6. The van der Waals surface area contributed by atoms with E-state index in [2.05, 4.69) is 5.32 Å². The lowest BCUT2D eigenvalue weighted by Crippen LogP contribution is -2.40. The van der Waals surface area contributed by atoms with Crippen LogP contribution < -0.4 is 19.5 Å². The Balaban J connectivity index is 1.44. The summed E-state index contributed by atoms with van der Waals surface area (Å²) in [5.74, 6) is 1.45. The Morgan fingerprint density at radius 2 is 1.76 bits per heavy atom. The van der Waals surface area contributed by atoms with Gasteiger partial charge in [-0.2, -0.15) is 4.31 Å². The smallest absolute Gasteiger partial charge is 0.244 e. The number of sulfonamides is 1. The van der Waals surface area contributed by atoms with Crippen LogP contribution in [0.5, 0.6) is 17.2 Å². The molecule has 0 aromatic heterocycles. The van der Waals surface area contributed by atoms with Crippen LogP contribution in [0.2, 0.25) is 0 Å². The van der Waals surface area contributed by atoms with Gasteiger partial charge in [0.1, 0.15) is 12.4 Å². The molecule has 3 rings (SSSR count). The number of carbonyl (C=O) groups is 1. The maximum Gasteiger partial charge on any atom is 0.244 e. The first-order valence-corrected chi connectivity index (χ1v) is 11.9. The van der Waals surface area contributed by atoms with E-state index in [1.807, 2.05) is 6.07 Å². The van der Waals surface area contributed by atoms with Crippen molar-refractivity contribution >= 4 is 22.0 Å². The molecule has 33 heavy (non-hydrogen) atoms.